The summed E-state index contributed by atoms with van der Waals surface area (Å²) >= 11 is 0. The van der Waals surface area contributed by atoms with Gasteiger partial charge in [-0.15, -0.1) is 0 Å². The van der Waals surface area contributed by atoms with Gasteiger partial charge in [0.25, 0.3) is 5.56 Å². The van der Waals surface area contributed by atoms with Gasteiger partial charge in [-0.1, -0.05) is 30.3 Å². The van der Waals surface area contributed by atoms with Crippen molar-refractivity contribution in [3.8, 4) is 5.69 Å². The largest absolute Gasteiger partial charge is 0.462 e. The molecule has 9 nitrogen and oxygen atoms in total. The van der Waals surface area contributed by atoms with Crippen molar-refractivity contribution >= 4 is 22.9 Å². The molecule has 0 radical (unpaired) electrons. The molecule has 34 heavy (non-hydrogen) atoms. The second-order valence-electron chi connectivity index (χ2n) is 8.05. The molecule has 0 fully saturated rings. The first kappa shape index (κ1) is 21.4. The van der Waals surface area contributed by atoms with Gasteiger partial charge in [0.1, 0.15) is 0 Å². The van der Waals surface area contributed by atoms with Crippen molar-refractivity contribution in [3.63, 3.8) is 0 Å². The summed E-state index contributed by atoms with van der Waals surface area (Å²) in [6.45, 7) is 4.14. The van der Waals surface area contributed by atoms with Crippen LogP contribution in [0.25, 0.3) is 22.6 Å². The molecule has 0 unspecified atom stereocenters. The van der Waals surface area contributed by atoms with E-state index in [1.807, 2.05) is 48.0 Å². The van der Waals surface area contributed by atoms with Gasteiger partial charge >= 0.3 is 11.7 Å². The number of hydrogen-bond acceptors (Lipinski definition) is 5. The molecule has 0 aliphatic heterocycles. The minimum absolute atomic E-state index is 0.171. The van der Waals surface area contributed by atoms with Gasteiger partial charge in [0.2, 0.25) is 5.78 Å². The lowest BCUT2D eigenvalue weighted by Gasteiger charge is -2.08. The van der Waals surface area contributed by atoms with E-state index in [1.54, 1.807) is 42.6 Å². The number of aromatic nitrogens is 5. The summed E-state index contributed by atoms with van der Waals surface area (Å²) in [5.74, 6) is 0.116. The van der Waals surface area contributed by atoms with Crippen LogP contribution in [0, 0.1) is 6.92 Å². The van der Waals surface area contributed by atoms with Crippen molar-refractivity contribution < 1.29 is 9.53 Å². The molecule has 9 heteroatoms. The van der Waals surface area contributed by atoms with Crippen LogP contribution in [0.15, 0.2) is 70.4 Å². The number of hydrogen-bond donors (Lipinski definition) is 0. The first-order valence-corrected chi connectivity index (χ1v) is 10.9. The Morgan fingerprint density at radius 2 is 1.74 bits per heavy atom. The van der Waals surface area contributed by atoms with Gasteiger partial charge in [0, 0.05) is 24.6 Å². The Morgan fingerprint density at radius 3 is 2.41 bits per heavy atom. The summed E-state index contributed by atoms with van der Waals surface area (Å²) in [6.07, 6.45) is 1.82. The Hall–Kier alpha value is -4.40. The predicted molar refractivity (Wildman–Crippen MR) is 128 cm³/mol. The van der Waals surface area contributed by atoms with Crippen molar-refractivity contribution in [1.29, 1.82) is 0 Å². The molecule has 0 saturated carbocycles. The van der Waals surface area contributed by atoms with Gasteiger partial charge in [0.15, 0.2) is 11.2 Å². The Morgan fingerprint density at radius 1 is 1.03 bits per heavy atom. The first-order valence-electron chi connectivity index (χ1n) is 10.9. The van der Waals surface area contributed by atoms with Crippen LogP contribution >= 0.6 is 0 Å². The van der Waals surface area contributed by atoms with Gasteiger partial charge in [0.05, 0.1) is 18.7 Å². The summed E-state index contributed by atoms with van der Waals surface area (Å²) in [5, 5.41) is 0. The molecule has 0 saturated heterocycles. The number of esters is 1. The highest BCUT2D eigenvalue weighted by atomic mass is 16.5. The number of carbonyl (C=O) groups is 1. The lowest BCUT2D eigenvalue weighted by atomic mass is 10.2. The second kappa shape index (κ2) is 8.18. The number of benzene rings is 2. The van der Waals surface area contributed by atoms with Crippen LogP contribution in [-0.4, -0.2) is 35.7 Å². The third-order valence-electron chi connectivity index (χ3n) is 5.85. The molecule has 0 amide bonds. The molecular formula is C25H23N5O4. The average Bonchev–Trinajstić information content (AvgIpc) is 3.36. The van der Waals surface area contributed by atoms with E-state index in [-0.39, 0.29) is 12.5 Å². The first-order chi connectivity index (χ1) is 16.4. The van der Waals surface area contributed by atoms with Crippen molar-refractivity contribution in [3.05, 3.63) is 98.5 Å². The molecule has 0 N–H and O–H groups in total. The molecule has 3 aromatic heterocycles. The number of rotatable bonds is 5. The molecule has 5 aromatic rings. The predicted octanol–water partition coefficient (Wildman–Crippen LogP) is 2.67. The number of fused-ring (bicyclic) bond motifs is 3. The number of imidazole rings is 2. The highest BCUT2D eigenvalue weighted by Gasteiger charge is 2.21. The monoisotopic (exact) mass is 457 g/mol. The van der Waals surface area contributed by atoms with E-state index in [2.05, 4.69) is 4.98 Å². The maximum atomic E-state index is 13.4. The Labute approximate surface area is 194 Å². The van der Waals surface area contributed by atoms with Crippen molar-refractivity contribution in [2.75, 3.05) is 6.61 Å². The summed E-state index contributed by atoms with van der Waals surface area (Å²) in [4.78, 5) is 43.1. The van der Waals surface area contributed by atoms with Crippen molar-refractivity contribution in [2.45, 2.75) is 20.4 Å². The lowest BCUT2D eigenvalue weighted by Crippen LogP contribution is -2.39. The summed E-state index contributed by atoms with van der Waals surface area (Å²) in [7, 11) is 1.61. The third-order valence-corrected chi connectivity index (χ3v) is 5.85. The summed E-state index contributed by atoms with van der Waals surface area (Å²) < 4.78 is 11.3. The van der Waals surface area contributed by atoms with Gasteiger partial charge in [-0.3, -0.25) is 22.9 Å². The van der Waals surface area contributed by atoms with Gasteiger partial charge in [-0.2, -0.15) is 4.98 Å². The van der Waals surface area contributed by atoms with E-state index in [9.17, 15) is 14.4 Å². The SMILES string of the molecule is CCOC(=O)c1ccc(-n2c(C)cn3c4c(=O)n(Cc5ccccc5)c(=O)n(C)c4nc23)cc1. The second-order valence-corrected chi connectivity index (χ2v) is 8.05. The Bertz CT molecular complexity index is 1650. The standard InChI is InChI=1S/C25H23N5O4/c1-4-34-23(32)18-10-12-19(13-11-18)30-16(2)14-28-20-21(26-24(28)30)27(3)25(33)29(22(20)31)15-17-8-6-5-7-9-17/h5-14H,4,15H2,1-3H3. The fourth-order valence-electron chi connectivity index (χ4n) is 4.20. The quantitative estimate of drug-likeness (QED) is 0.379. The fraction of sp³-hybridized carbons (Fsp3) is 0.200. The van der Waals surface area contributed by atoms with Gasteiger partial charge < -0.3 is 4.74 Å². The minimum Gasteiger partial charge on any atom is -0.462 e. The van der Waals surface area contributed by atoms with E-state index >= 15 is 0 Å². The fourth-order valence-corrected chi connectivity index (χ4v) is 4.20. The Balaban J connectivity index is 1.69. The maximum Gasteiger partial charge on any atom is 0.338 e. The average molecular weight is 457 g/mol. The Kier molecular flexibility index (Phi) is 5.16. The molecule has 0 aliphatic carbocycles. The highest BCUT2D eigenvalue weighted by molar-refractivity contribution is 5.89. The van der Waals surface area contributed by atoms with Crippen molar-refractivity contribution in [1.82, 2.24) is 23.1 Å². The van der Waals surface area contributed by atoms with Crippen LogP contribution in [0.4, 0.5) is 0 Å². The third kappa shape index (κ3) is 3.33. The normalized spacial score (nSPS) is 11.4. The molecule has 0 bridgehead atoms. The molecule has 5 rings (SSSR count). The van der Waals surface area contributed by atoms with E-state index in [0.29, 0.717) is 29.1 Å². The lowest BCUT2D eigenvalue weighted by molar-refractivity contribution is 0.0526. The van der Waals surface area contributed by atoms with E-state index in [1.165, 1.54) is 9.13 Å². The van der Waals surface area contributed by atoms with E-state index < -0.39 is 11.2 Å². The number of carbonyl (C=O) groups excluding carboxylic acids is 1. The van der Waals surface area contributed by atoms with Gasteiger partial charge in [-0.25, -0.2) is 9.59 Å². The van der Waals surface area contributed by atoms with Crippen LogP contribution in [0.1, 0.15) is 28.5 Å². The zero-order valence-corrected chi connectivity index (χ0v) is 19.1. The summed E-state index contributed by atoms with van der Waals surface area (Å²) in [5.41, 5.74) is 2.74. The van der Waals surface area contributed by atoms with Crippen LogP contribution in [0.3, 0.4) is 0 Å². The molecule has 0 spiro atoms. The van der Waals surface area contributed by atoms with Gasteiger partial charge in [-0.05, 0) is 43.7 Å². The zero-order chi connectivity index (χ0) is 24.0. The number of nitrogens with zero attached hydrogens (tertiary/aromatic N) is 5. The molecule has 2 aromatic carbocycles. The smallest absolute Gasteiger partial charge is 0.338 e. The number of ether oxygens (including phenoxy) is 1. The minimum atomic E-state index is -0.427. The number of aryl methyl sites for hydroxylation is 2. The zero-order valence-electron chi connectivity index (χ0n) is 19.1. The van der Waals surface area contributed by atoms with E-state index in [0.717, 1.165) is 16.9 Å². The van der Waals surface area contributed by atoms with Crippen LogP contribution in [-0.2, 0) is 18.3 Å². The molecular weight excluding hydrogens is 434 g/mol. The molecule has 0 atom stereocenters. The molecule has 3 heterocycles. The summed E-state index contributed by atoms with van der Waals surface area (Å²) in [6, 6.07) is 16.4. The molecule has 0 aliphatic rings. The molecule has 172 valence electrons. The maximum absolute atomic E-state index is 13.4. The van der Waals surface area contributed by atoms with Crippen molar-refractivity contribution in [2.24, 2.45) is 7.05 Å². The van der Waals surface area contributed by atoms with Crippen LogP contribution in [0.5, 0.6) is 0 Å². The van der Waals surface area contributed by atoms with Crippen LogP contribution in [0.2, 0.25) is 0 Å². The topological polar surface area (TPSA) is 92.5 Å². The van der Waals surface area contributed by atoms with E-state index in [4.69, 9.17) is 4.74 Å². The highest BCUT2D eigenvalue weighted by Crippen LogP contribution is 2.21. The van der Waals surface area contributed by atoms with Crippen LogP contribution < -0.4 is 11.2 Å².